The van der Waals surface area contributed by atoms with E-state index in [2.05, 4.69) is 44.9 Å². The van der Waals surface area contributed by atoms with Crippen LogP contribution >= 0.6 is 0 Å². The number of rotatable bonds is 5. The van der Waals surface area contributed by atoms with Crippen molar-refractivity contribution in [1.82, 2.24) is 24.4 Å². The maximum absolute atomic E-state index is 5.59. The molecule has 0 spiro atoms. The van der Waals surface area contributed by atoms with E-state index in [1.54, 1.807) is 6.33 Å². The van der Waals surface area contributed by atoms with Gasteiger partial charge in [0, 0.05) is 57.2 Å². The van der Waals surface area contributed by atoms with E-state index in [1.807, 2.05) is 6.20 Å². The summed E-state index contributed by atoms with van der Waals surface area (Å²) in [6.45, 7) is 6.66. The maximum atomic E-state index is 5.59. The lowest BCUT2D eigenvalue weighted by molar-refractivity contribution is 0.0593. The predicted octanol–water partition coefficient (Wildman–Crippen LogP) is 2.26. The number of ether oxygens (including phenoxy) is 1. The first-order valence-corrected chi connectivity index (χ1v) is 9.63. The highest BCUT2D eigenvalue weighted by Crippen LogP contribution is 2.34. The molecule has 140 valence electrons. The van der Waals surface area contributed by atoms with Crippen LogP contribution in [0.3, 0.4) is 0 Å². The van der Waals surface area contributed by atoms with Crippen molar-refractivity contribution in [2.75, 3.05) is 32.1 Å². The molecule has 7 heteroatoms. The van der Waals surface area contributed by atoms with Crippen LogP contribution in [0.4, 0.5) is 5.82 Å². The molecule has 0 amide bonds. The van der Waals surface area contributed by atoms with Gasteiger partial charge in [-0.3, -0.25) is 0 Å². The number of fused-ring (bicyclic) bond motifs is 1. The number of nitrogens with one attached hydrogen (secondary N) is 1. The van der Waals surface area contributed by atoms with Crippen molar-refractivity contribution in [2.24, 2.45) is 5.92 Å². The molecular weight excluding hydrogens is 328 g/mol. The second kappa shape index (κ2) is 7.72. The molecule has 0 radical (unpaired) electrons. The zero-order valence-corrected chi connectivity index (χ0v) is 15.7. The summed E-state index contributed by atoms with van der Waals surface area (Å²) in [6, 6.07) is 0.139. The fourth-order valence-electron chi connectivity index (χ4n) is 4.06. The van der Waals surface area contributed by atoms with E-state index in [0.717, 1.165) is 63.8 Å². The molecule has 2 aliphatic heterocycles. The van der Waals surface area contributed by atoms with Crippen LogP contribution in [-0.4, -0.2) is 51.2 Å². The van der Waals surface area contributed by atoms with Gasteiger partial charge in [0.2, 0.25) is 0 Å². The van der Waals surface area contributed by atoms with E-state index in [9.17, 15) is 0 Å². The summed E-state index contributed by atoms with van der Waals surface area (Å²) in [5.74, 6) is 2.54. The quantitative estimate of drug-likeness (QED) is 0.886. The molecule has 1 atom stereocenters. The summed E-state index contributed by atoms with van der Waals surface area (Å²) in [5.41, 5.74) is 2.40. The van der Waals surface area contributed by atoms with Crippen molar-refractivity contribution in [3.63, 3.8) is 0 Å². The van der Waals surface area contributed by atoms with Gasteiger partial charge in [-0.2, -0.15) is 0 Å². The monoisotopic (exact) mass is 356 g/mol. The van der Waals surface area contributed by atoms with Crippen molar-refractivity contribution in [1.29, 1.82) is 0 Å². The summed E-state index contributed by atoms with van der Waals surface area (Å²) in [7, 11) is 2.15. The van der Waals surface area contributed by atoms with Crippen molar-refractivity contribution < 1.29 is 4.74 Å². The van der Waals surface area contributed by atoms with Crippen molar-refractivity contribution in [2.45, 2.75) is 45.3 Å². The largest absolute Gasteiger partial charge is 0.381 e. The summed E-state index contributed by atoms with van der Waals surface area (Å²) < 4.78 is 7.82. The molecular formula is C19H28N6O. The Labute approximate surface area is 154 Å². The molecule has 4 heterocycles. The number of hydrogen-bond acceptors (Lipinski definition) is 6. The molecule has 0 aromatic carbocycles. The van der Waals surface area contributed by atoms with E-state index in [1.165, 1.54) is 11.3 Å². The highest BCUT2D eigenvalue weighted by molar-refractivity contribution is 5.48. The van der Waals surface area contributed by atoms with Crippen LogP contribution in [0.15, 0.2) is 18.7 Å². The highest BCUT2D eigenvalue weighted by Gasteiger charge is 2.30. The third kappa shape index (κ3) is 3.46. The van der Waals surface area contributed by atoms with E-state index >= 15 is 0 Å². The Hall–Kier alpha value is -1.99. The Morgan fingerprint density at radius 1 is 1.27 bits per heavy atom. The third-order valence-corrected chi connectivity index (χ3v) is 5.59. The number of hydrogen-bond donors (Lipinski definition) is 1. The Kier molecular flexibility index (Phi) is 5.17. The average molecular weight is 356 g/mol. The summed E-state index contributed by atoms with van der Waals surface area (Å²) in [6.07, 6.45) is 8.72. The van der Waals surface area contributed by atoms with Gasteiger partial charge in [-0.15, -0.1) is 0 Å². The summed E-state index contributed by atoms with van der Waals surface area (Å²) >= 11 is 0. The lowest BCUT2D eigenvalue weighted by Gasteiger charge is -2.33. The lowest BCUT2D eigenvalue weighted by atomic mass is 9.90. The molecule has 2 aromatic rings. The van der Waals surface area contributed by atoms with Gasteiger partial charge in [-0.05, 0) is 32.7 Å². The molecule has 1 saturated heterocycles. The Bertz CT molecular complexity index is 739. The van der Waals surface area contributed by atoms with Crippen LogP contribution < -0.4 is 5.32 Å². The van der Waals surface area contributed by atoms with E-state index in [-0.39, 0.29) is 6.04 Å². The minimum atomic E-state index is 0.139. The molecule has 0 saturated carbocycles. The van der Waals surface area contributed by atoms with Gasteiger partial charge in [0.05, 0.1) is 11.7 Å². The van der Waals surface area contributed by atoms with E-state index < -0.39 is 0 Å². The van der Waals surface area contributed by atoms with Gasteiger partial charge in [0.15, 0.2) is 0 Å². The fourth-order valence-corrected chi connectivity index (χ4v) is 4.06. The van der Waals surface area contributed by atoms with Crippen LogP contribution in [-0.2, 0) is 24.2 Å². The minimum Gasteiger partial charge on any atom is -0.381 e. The molecule has 2 aromatic heterocycles. The number of anilines is 1. The minimum absolute atomic E-state index is 0.139. The van der Waals surface area contributed by atoms with Gasteiger partial charge >= 0.3 is 0 Å². The summed E-state index contributed by atoms with van der Waals surface area (Å²) in [5, 5.41) is 3.76. The average Bonchev–Trinajstić information content (AvgIpc) is 3.15. The van der Waals surface area contributed by atoms with Gasteiger partial charge in [0.25, 0.3) is 0 Å². The topological polar surface area (TPSA) is 68.1 Å². The number of likely N-dealkylation sites (N-methyl/N-ethyl adjacent to an activating group) is 1. The van der Waals surface area contributed by atoms with Gasteiger partial charge in [-0.1, -0.05) is 0 Å². The smallest absolute Gasteiger partial charge is 0.134 e. The zero-order valence-electron chi connectivity index (χ0n) is 15.7. The molecule has 1 N–H and O–H groups in total. The molecule has 1 fully saturated rings. The Morgan fingerprint density at radius 2 is 2.12 bits per heavy atom. The first-order valence-electron chi connectivity index (χ1n) is 9.63. The molecule has 0 bridgehead atoms. The Balaban J connectivity index is 1.67. The summed E-state index contributed by atoms with van der Waals surface area (Å²) in [4.78, 5) is 16.1. The number of aromatic nitrogens is 4. The third-order valence-electron chi connectivity index (χ3n) is 5.59. The highest BCUT2D eigenvalue weighted by atomic mass is 16.5. The maximum Gasteiger partial charge on any atom is 0.134 e. The van der Waals surface area contributed by atoms with Crippen molar-refractivity contribution >= 4 is 5.82 Å². The van der Waals surface area contributed by atoms with E-state index in [4.69, 9.17) is 9.72 Å². The first kappa shape index (κ1) is 17.4. The molecule has 7 nitrogen and oxygen atoms in total. The van der Waals surface area contributed by atoms with Crippen LogP contribution in [0.5, 0.6) is 0 Å². The van der Waals surface area contributed by atoms with E-state index in [0.29, 0.717) is 5.92 Å². The Morgan fingerprint density at radius 3 is 2.92 bits per heavy atom. The van der Waals surface area contributed by atoms with Crippen molar-refractivity contribution in [3.8, 4) is 0 Å². The van der Waals surface area contributed by atoms with Crippen molar-refractivity contribution in [3.05, 3.63) is 35.8 Å². The molecule has 26 heavy (non-hydrogen) atoms. The van der Waals surface area contributed by atoms with Gasteiger partial charge in [-0.25, -0.2) is 15.0 Å². The van der Waals surface area contributed by atoms with Crippen LogP contribution in [0.2, 0.25) is 0 Å². The second-order valence-electron chi connectivity index (χ2n) is 7.28. The molecule has 2 aliphatic rings. The van der Waals surface area contributed by atoms with Gasteiger partial charge in [0.1, 0.15) is 18.0 Å². The first-order chi connectivity index (χ1) is 12.8. The number of nitrogens with zero attached hydrogens (tertiary/aromatic N) is 5. The fraction of sp³-hybridized carbons (Fsp3) is 0.632. The SMILES string of the molecule is CCn1ccnc1C(Nc1ncnc2c1CN(C)CC2)C1CCOCC1. The molecule has 1 unspecified atom stereocenters. The number of aryl methyl sites for hydroxylation is 1. The lowest BCUT2D eigenvalue weighted by Crippen LogP contribution is -2.32. The normalized spacial score (nSPS) is 19.9. The number of imidazole rings is 1. The van der Waals surface area contributed by atoms with Crippen LogP contribution in [0.1, 0.15) is 42.9 Å². The van der Waals surface area contributed by atoms with Crippen LogP contribution in [0.25, 0.3) is 0 Å². The molecule has 0 aliphatic carbocycles. The standard InChI is InChI=1S/C19H28N6O/c1-3-25-9-7-20-19(25)17(14-5-10-26-11-6-14)23-18-15-12-24(2)8-4-16(15)21-13-22-18/h7,9,13-14,17H,3-6,8,10-12H2,1-2H3,(H,21,22,23). The van der Waals surface area contributed by atoms with Gasteiger partial charge < -0.3 is 19.5 Å². The predicted molar refractivity (Wildman–Crippen MR) is 99.9 cm³/mol. The molecule has 4 rings (SSSR count). The van der Waals surface area contributed by atoms with Crippen LogP contribution in [0, 0.1) is 5.92 Å². The zero-order chi connectivity index (χ0) is 17.9. The second-order valence-corrected chi connectivity index (χ2v) is 7.28.